The Balaban J connectivity index is 1.56. The van der Waals surface area contributed by atoms with Crippen LogP contribution in [0.4, 0.5) is 0 Å². The molecule has 4 aromatic carbocycles. The van der Waals surface area contributed by atoms with E-state index in [1.54, 1.807) is 0 Å². The highest BCUT2D eigenvalue weighted by Gasteiger charge is 2.21. The fourth-order valence-electron chi connectivity index (χ4n) is 9.62. The van der Waals surface area contributed by atoms with Crippen molar-refractivity contribution in [2.75, 3.05) is 0 Å². The van der Waals surface area contributed by atoms with Crippen molar-refractivity contribution in [3.05, 3.63) is 113 Å². The number of benzene rings is 4. The third kappa shape index (κ3) is 11.6. The lowest BCUT2D eigenvalue weighted by atomic mass is 9.85. The molecule has 60 heavy (non-hydrogen) atoms. The Bertz CT molecular complexity index is 2050. The van der Waals surface area contributed by atoms with E-state index in [9.17, 15) is 0 Å². The van der Waals surface area contributed by atoms with E-state index in [1.165, 1.54) is 187 Å². The Labute approximate surface area is 365 Å². The molecule has 0 spiro atoms. The molecular formula is C57H79N3. The van der Waals surface area contributed by atoms with Gasteiger partial charge in [-0.15, -0.1) is 0 Å². The lowest BCUT2D eigenvalue weighted by Crippen LogP contribution is -2.07. The Hall–Kier alpha value is -4.11. The summed E-state index contributed by atoms with van der Waals surface area (Å²) in [6, 6.07) is 27.1. The Morgan fingerprint density at radius 3 is 1.37 bits per heavy atom. The molecule has 0 saturated heterocycles. The number of hydrogen-bond acceptors (Lipinski definition) is 1. The van der Waals surface area contributed by atoms with Gasteiger partial charge in [0.05, 0.1) is 22.9 Å². The Morgan fingerprint density at radius 2 is 0.850 bits per heavy atom. The zero-order valence-electron chi connectivity index (χ0n) is 38.8. The summed E-state index contributed by atoms with van der Waals surface area (Å²) in [6.07, 6.45) is 33.7. The molecule has 0 bridgehead atoms. The number of nitrogens with zero attached hydrogens (tertiary/aromatic N) is 3. The van der Waals surface area contributed by atoms with Crippen molar-refractivity contribution in [2.45, 2.75) is 196 Å². The van der Waals surface area contributed by atoms with Gasteiger partial charge in [-0.1, -0.05) is 144 Å². The van der Waals surface area contributed by atoms with E-state index in [-0.39, 0.29) is 0 Å². The van der Waals surface area contributed by atoms with Crippen molar-refractivity contribution in [1.29, 1.82) is 0 Å². The molecule has 0 radical (unpaired) electrons. The van der Waals surface area contributed by atoms with Crippen LogP contribution in [0.2, 0.25) is 0 Å². The van der Waals surface area contributed by atoms with Gasteiger partial charge in [0.15, 0.2) is 0 Å². The number of rotatable bonds is 27. The standard InChI is InChI=1S/C57H79N3/c1-7-13-17-21-27-46-41-56(59-36-35-50-37-44(25-11-5)31-33-54(50)59)48(29-23-19-15-9-3)39-52(46)53-40-49(30-24-20-16-10-4)57(42-47(53)28-22-18-14-8-2)60-55-34-32-45(26-12-6)38-51(55)43-58-60/h31-43H,7-30H2,1-6H3. The van der Waals surface area contributed by atoms with Gasteiger partial charge in [0.2, 0.25) is 0 Å². The largest absolute Gasteiger partial charge is 0.316 e. The molecule has 322 valence electrons. The third-order valence-electron chi connectivity index (χ3n) is 13.0. The van der Waals surface area contributed by atoms with Gasteiger partial charge >= 0.3 is 0 Å². The molecule has 0 unspecified atom stereocenters. The second kappa shape index (κ2) is 23.8. The third-order valence-corrected chi connectivity index (χ3v) is 13.0. The zero-order chi connectivity index (χ0) is 42.1. The second-order valence-corrected chi connectivity index (χ2v) is 18.0. The SMILES string of the molecule is CCCCCCc1cc(-n2ccc3cc(CCC)ccc32)c(CCCCCC)cc1-c1cc(CCCCCC)c(-n2ncc3cc(CCC)ccc32)cc1CCCCCC. The lowest BCUT2D eigenvalue weighted by molar-refractivity contribution is 0.660. The first-order valence-electron chi connectivity index (χ1n) is 24.9. The number of aromatic nitrogens is 3. The monoisotopic (exact) mass is 806 g/mol. The van der Waals surface area contributed by atoms with Crippen molar-refractivity contribution in [3.8, 4) is 22.5 Å². The maximum Gasteiger partial charge on any atom is 0.0741 e. The first kappa shape index (κ1) is 45.4. The first-order valence-corrected chi connectivity index (χ1v) is 24.9. The van der Waals surface area contributed by atoms with E-state index in [0.29, 0.717) is 0 Å². The number of aryl methyl sites for hydroxylation is 6. The smallest absolute Gasteiger partial charge is 0.0741 e. The van der Waals surface area contributed by atoms with Crippen LogP contribution in [0.15, 0.2) is 79.1 Å². The average molecular weight is 806 g/mol. The minimum Gasteiger partial charge on any atom is -0.316 e. The van der Waals surface area contributed by atoms with E-state index >= 15 is 0 Å². The van der Waals surface area contributed by atoms with E-state index in [2.05, 4.69) is 130 Å². The summed E-state index contributed by atoms with van der Waals surface area (Å²) in [5.74, 6) is 0. The van der Waals surface area contributed by atoms with E-state index in [4.69, 9.17) is 5.10 Å². The molecule has 2 heterocycles. The van der Waals surface area contributed by atoms with Crippen LogP contribution in [0.3, 0.4) is 0 Å². The topological polar surface area (TPSA) is 22.8 Å². The highest BCUT2D eigenvalue weighted by atomic mass is 15.3. The average Bonchev–Trinajstić information content (AvgIpc) is 3.88. The fraction of sp³-hybridized carbons (Fsp3) is 0.526. The number of hydrogen-bond donors (Lipinski definition) is 0. The van der Waals surface area contributed by atoms with E-state index in [0.717, 1.165) is 44.9 Å². The summed E-state index contributed by atoms with van der Waals surface area (Å²) in [6.45, 7) is 13.9. The van der Waals surface area contributed by atoms with Gasteiger partial charge in [-0.2, -0.15) is 5.10 Å². The maximum atomic E-state index is 5.16. The summed E-state index contributed by atoms with van der Waals surface area (Å²) in [7, 11) is 0. The van der Waals surface area contributed by atoms with Gasteiger partial charge < -0.3 is 4.57 Å². The predicted octanol–water partition coefficient (Wildman–Crippen LogP) is 17.0. The molecule has 0 aliphatic heterocycles. The minimum atomic E-state index is 1.08. The van der Waals surface area contributed by atoms with E-state index < -0.39 is 0 Å². The van der Waals surface area contributed by atoms with Crippen LogP contribution >= 0.6 is 0 Å². The van der Waals surface area contributed by atoms with Gasteiger partial charge in [0.25, 0.3) is 0 Å². The van der Waals surface area contributed by atoms with Crippen molar-refractivity contribution < 1.29 is 0 Å². The molecule has 2 aromatic heterocycles. The van der Waals surface area contributed by atoms with Crippen LogP contribution < -0.4 is 0 Å². The normalized spacial score (nSPS) is 11.8. The molecular weight excluding hydrogens is 727 g/mol. The van der Waals surface area contributed by atoms with Crippen LogP contribution in [-0.4, -0.2) is 14.3 Å². The fourth-order valence-corrected chi connectivity index (χ4v) is 9.62. The predicted molar refractivity (Wildman–Crippen MR) is 263 cm³/mol. The molecule has 0 atom stereocenters. The molecule has 0 saturated carbocycles. The molecule has 0 fully saturated rings. The van der Waals surface area contributed by atoms with Crippen molar-refractivity contribution in [2.24, 2.45) is 0 Å². The number of unbranched alkanes of at least 4 members (excludes halogenated alkanes) is 12. The van der Waals surface area contributed by atoms with Gasteiger partial charge in [0, 0.05) is 22.7 Å². The second-order valence-electron chi connectivity index (χ2n) is 18.0. The van der Waals surface area contributed by atoms with Crippen molar-refractivity contribution in [1.82, 2.24) is 14.3 Å². The summed E-state index contributed by atoms with van der Waals surface area (Å²) in [4.78, 5) is 0. The zero-order valence-corrected chi connectivity index (χ0v) is 38.8. The van der Waals surface area contributed by atoms with Gasteiger partial charge in [0.1, 0.15) is 0 Å². The number of fused-ring (bicyclic) bond motifs is 2. The molecule has 0 N–H and O–H groups in total. The molecule has 6 rings (SSSR count). The first-order chi connectivity index (χ1) is 29.5. The summed E-state index contributed by atoms with van der Waals surface area (Å²) >= 11 is 0. The van der Waals surface area contributed by atoms with Crippen LogP contribution in [0, 0.1) is 0 Å². The summed E-state index contributed by atoms with van der Waals surface area (Å²) in [5, 5.41) is 7.77. The highest BCUT2D eigenvalue weighted by molar-refractivity contribution is 5.85. The summed E-state index contributed by atoms with van der Waals surface area (Å²) in [5.41, 5.74) is 17.0. The van der Waals surface area contributed by atoms with Crippen molar-refractivity contribution in [3.63, 3.8) is 0 Å². The summed E-state index contributed by atoms with van der Waals surface area (Å²) < 4.78 is 4.82. The Kier molecular flexibility index (Phi) is 18.0. The quantitative estimate of drug-likeness (QED) is 0.0476. The molecule has 0 amide bonds. The van der Waals surface area contributed by atoms with Gasteiger partial charge in [-0.25, -0.2) is 4.68 Å². The van der Waals surface area contributed by atoms with Crippen molar-refractivity contribution >= 4 is 21.8 Å². The highest BCUT2D eigenvalue weighted by Crippen LogP contribution is 2.39. The molecule has 0 aliphatic rings. The Morgan fingerprint density at radius 1 is 0.383 bits per heavy atom. The van der Waals surface area contributed by atoms with E-state index in [1.807, 2.05) is 0 Å². The lowest BCUT2D eigenvalue weighted by Gasteiger charge is -2.23. The molecule has 3 heteroatoms. The van der Waals surface area contributed by atoms with Crippen LogP contribution in [0.5, 0.6) is 0 Å². The maximum absolute atomic E-state index is 5.16. The van der Waals surface area contributed by atoms with Crippen LogP contribution in [0.25, 0.3) is 44.3 Å². The molecule has 3 nitrogen and oxygen atoms in total. The van der Waals surface area contributed by atoms with Gasteiger partial charge in [-0.3, -0.25) is 0 Å². The van der Waals surface area contributed by atoms with Crippen LogP contribution in [0.1, 0.15) is 190 Å². The minimum absolute atomic E-state index is 1.08. The molecule has 6 aromatic rings. The van der Waals surface area contributed by atoms with Gasteiger partial charge in [-0.05, 0) is 163 Å². The molecule has 0 aliphatic carbocycles. The van der Waals surface area contributed by atoms with Crippen LogP contribution in [-0.2, 0) is 38.5 Å².